The third-order valence-corrected chi connectivity index (χ3v) is 2.89. The molecular weight excluding hydrogens is 268 g/mol. The molecule has 0 radical (unpaired) electrons. The first kappa shape index (κ1) is 16.9. The van der Waals surface area contributed by atoms with Gasteiger partial charge in [-0.25, -0.2) is 0 Å². The average molecular weight is 290 g/mol. The van der Waals surface area contributed by atoms with E-state index < -0.39 is 36.5 Å². The highest BCUT2D eigenvalue weighted by Crippen LogP contribution is 2.23. The minimum absolute atomic E-state index is 0.170. The summed E-state index contributed by atoms with van der Waals surface area (Å²) in [7, 11) is 0. The van der Waals surface area contributed by atoms with Crippen molar-refractivity contribution in [3.05, 3.63) is 0 Å². The molecule has 1 saturated heterocycles. The number of aliphatic hydroxyl groups excluding tert-OH is 2. The van der Waals surface area contributed by atoms with Gasteiger partial charge in [0.2, 0.25) is 0 Å². The van der Waals surface area contributed by atoms with Crippen molar-refractivity contribution in [2.75, 3.05) is 6.61 Å². The molecule has 1 aliphatic heterocycles. The summed E-state index contributed by atoms with van der Waals surface area (Å²) in [4.78, 5) is 22.7. The van der Waals surface area contributed by atoms with Crippen molar-refractivity contribution in [1.82, 2.24) is 0 Å². The van der Waals surface area contributed by atoms with Crippen molar-refractivity contribution in [2.24, 2.45) is 0 Å². The Morgan fingerprint density at radius 2 is 1.70 bits per heavy atom. The Morgan fingerprint density at radius 1 is 1.10 bits per heavy atom. The smallest absolute Gasteiger partial charge is 0.306 e. The standard InChI is InChI=1S/C13H22O7/c1-3-5-9(14)18-7-8-12(11(16)13(17)19-8)20-10(15)6-4-2/h8,11-13,16-17H,3-7H2,1-2H3/t8-,11-,12-,13?/m1/s1. The summed E-state index contributed by atoms with van der Waals surface area (Å²) in [5, 5.41) is 19.2. The van der Waals surface area contributed by atoms with Gasteiger partial charge in [0.1, 0.15) is 18.8 Å². The summed E-state index contributed by atoms with van der Waals surface area (Å²) in [5.74, 6) is -0.884. The quantitative estimate of drug-likeness (QED) is 0.642. The Balaban J connectivity index is 2.53. The fourth-order valence-electron chi connectivity index (χ4n) is 1.87. The first-order valence-electron chi connectivity index (χ1n) is 6.86. The largest absolute Gasteiger partial charge is 0.463 e. The molecule has 1 fully saturated rings. The van der Waals surface area contributed by atoms with Gasteiger partial charge in [-0.3, -0.25) is 9.59 Å². The lowest BCUT2D eigenvalue weighted by atomic mass is 10.1. The number of hydrogen-bond donors (Lipinski definition) is 2. The third kappa shape index (κ3) is 4.73. The van der Waals surface area contributed by atoms with Crippen molar-refractivity contribution in [3.63, 3.8) is 0 Å². The normalized spacial score (nSPS) is 29.2. The van der Waals surface area contributed by atoms with E-state index in [0.29, 0.717) is 12.8 Å². The lowest BCUT2D eigenvalue weighted by Gasteiger charge is -2.20. The summed E-state index contributed by atoms with van der Waals surface area (Å²) in [6.45, 7) is 3.49. The second kappa shape index (κ2) is 8.18. The van der Waals surface area contributed by atoms with Gasteiger partial charge in [-0.15, -0.1) is 0 Å². The molecule has 4 atom stereocenters. The van der Waals surface area contributed by atoms with Crippen LogP contribution >= 0.6 is 0 Å². The van der Waals surface area contributed by atoms with Gasteiger partial charge in [0.05, 0.1) is 0 Å². The predicted molar refractivity (Wildman–Crippen MR) is 67.5 cm³/mol. The fourth-order valence-corrected chi connectivity index (χ4v) is 1.87. The van der Waals surface area contributed by atoms with Gasteiger partial charge in [-0.05, 0) is 12.8 Å². The summed E-state index contributed by atoms with van der Waals surface area (Å²) in [6, 6.07) is 0. The molecule has 0 aromatic heterocycles. The van der Waals surface area contributed by atoms with E-state index in [1.807, 2.05) is 13.8 Å². The molecule has 7 nitrogen and oxygen atoms in total. The van der Waals surface area contributed by atoms with Crippen LogP contribution in [0.1, 0.15) is 39.5 Å². The number of carbonyl (C=O) groups is 2. The van der Waals surface area contributed by atoms with Crippen LogP contribution in [0.3, 0.4) is 0 Å². The van der Waals surface area contributed by atoms with E-state index in [2.05, 4.69) is 0 Å². The van der Waals surface area contributed by atoms with Crippen molar-refractivity contribution >= 4 is 11.9 Å². The molecule has 7 heteroatoms. The summed E-state index contributed by atoms with van der Waals surface area (Å²) in [5.41, 5.74) is 0. The monoisotopic (exact) mass is 290 g/mol. The second-order valence-electron chi connectivity index (χ2n) is 4.69. The molecule has 1 heterocycles. The average Bonchev–Trinajstić information content (AvgIpc) is 2.65. The van der Waals surface area contributed by atoms with E-state index >= 15 is 0 Å². The zero-order chi connectivity index (χ0) is 15.1. The van der Waals surface area contributed by atoms with Crippen molar-refractivity contribution in [3.8, 4) is 0 Å². The SMILES string of the molecule is CCCC(=O)OC[C@H]1OC(O)[C@H](O)[C@@H]1OC(=O)CCC. The molecule has 1 unspecified atom stereocenters. The van der Waals surface area contributed by atoms with Crippen LogP contribution in [-0.2, 0) is 23.8 Å². The number of carbonyl (C=O) groups excluding carboxylic acids is 2. The number of esters is 2. The topological polar surface area (TPSA) is 102 Å². The fraction of sp³-hybridized carbons (Fsp3) is 0.846. The minimum Gasteiger partial charge on any atom is -0.463 e. The van der Waals surface area contributed by atoms with Gasteiger partial charge in [0, 0.05) is 12.8 Å². The molecule has 0 spiro atoms. The Kier molecular flexibility index (Phi) is 6.90. The molecule has 2 N–H and O–H groups in total. The second-order valence-corrected chi connectivity index (χ2v) is 4.69. The van der Waals surface area contributed by atoms with Crippen molar-refractivity contribution < 1.29 is 34.0 Å². The molecule has 20 heavy (non-hydrogen) atoms. The van der Waals surface area contributed by atoms with Crippen LogP contribution in [0.5, 0.6) is 0 Å². The molecule has 0 saturated carbocycles. The summed E-state index contributed by atoms with van der Waals surface area (Å²) in [6.07, 6.45) is -2.93. The van der Waals surface area contributed by atoms with Gasteiger partial charge in [-0.2, -0.15) is 0 Å². The third-order valence-electron chi connectivity index (χ3n) is 2.89. The van der Waals surface area contributed by atoms with Crippen LogP contribution in [0.4, 0.5) is 0 Å². The van der Waals surface area contributed by atoms with E-state index in [4.69, 9.17) is 14.2 Å². The maximum absolute atomic E-state index is 11.5. The van der Waals surface area contributed by atoms with Crippen molar-refractivity contribution in [1.29, 1.82) is 0 Å². The zero-order valence-corrected chi connectivity index (χ0v) is 11.8. The van der Waals surface area contributed by atoms with Crippen LogP contribution in [0.25, 0.3) is 0 Å². The predicted octanol–water partition coefficient (Wildman–Crippen LogP) is 0.120. The lowest BCUT2D eigenvalue weighted by Crippen LogP contribution is -2.39. The minimum atomic E-state index is -1.45. The molecule has 0 bridgehead atoms. The van der Waals surface area contributed by atoms with E-state index in [1.54, 1.807) is 0 Å². The lowest BCUT2D eigenvalue weighted by molar-refractivity contribution is -0.161. The Labute approximate surface area is 117 Å². The number of hydrogen-bond acceptors (Lipinski definition) is 7. The van der Waals surface area contributed by atoms with Gasteiger partial charge in [0.25, 0.3) is 0 Å². The van der Waals surface area contributed by atoms with Gasteiger partial charge in [-0.1, -0.05) is 13.8 Å². The molecule has 116 valence electrons. The zero-order valence-electron chi connectivity index (χ0n) is 11.8. The van der Waals surface area contributed by atoms with Crippen molar-refractivity contribution in [2.45, 2.75) is 64.1 Å². The molecule has 1 rings (SSSR count). The maximum Gasteiger partial charge on any atom is 0.306 e. The Morgan fingerprint density at radius 3 is 2.30 bits per heavy atom. The molecule has 0 amide bonds. The van der Waals surface area contributed by atoms with E-state index in [0.717, 1.165) is 0 Å². The van der Waals surface area contributed by atoms with Crippen LogP contribution in [-0.4, -0.2) is 53.4 Å². The molecule has 0 aromatic carbocycles. The number of aliphatic hydroxyl groups is 2. The van der Waals surface area contributed by atoms with Crippen LogP contribution in [0.15, 0.2) is 0 Å². The number of rotatable bonds is 7. The summed E-state index contributed by atoms with van der Waals surface area (Å²) < 4.78 is 15.1. The highest BCUT2D eigenvalue weighted by atomic mass is 16.7. The molecule has 1 aliphatic rings. The van der Waals surface area contributed by atoms with E-state index in [1.165, 1.54) is 0 Å². The van der Waals surface area contributed by atoms with E-state index in [9.17, 15) is 19.8 Å². The Bertz CT molecular complexity index is 331. The first-order chi connectivity index (χ1) is 9.49. The Hall–Kier alpha value is -1.18. The number of ether oxygens (including phenoxy) is 3. The van der Waals surface area contributed by atoms with Gasteiger partial charge < -0.3 is 24.4 Å². The molecule has 0 aromatic rings. The highest BCUT2D eigenvalue weighted by molar-refractivity contribution is 5.70. The maximum atomic E-state index is 11.5. The summed E-state index contributed by atoms with van der Waals surface area (Å²) >= 11 is 0. The van der Waals surface area contributed by atoms with E-state index in [-0.39, 0.29) is 19.4 Å². The first-order valence-corrected chi connectivity index (χ1v) is 6.86. The van der Waals surface area contributed by atoms with Gasteiger partial charge in [0.15, 0.2) is 12.4 Å². The van der Waals surface area contributed by atoms with Crippen LogP contribution in [0.2, 0.25) is 0 Å². The molecular formula is C13H22O7. The van der Waals surface area contributed by atoms with Crippen LogP contribution < -0.4 is 0 Å². The van der Waals surface area contributed by atoms with Crippen LogP contribution in [0, 0.1) is 0 Å². The molecule has 0 aliphatic carbocycles. The van der Waals surface area contributed by atoms with Gasteiger partial charge >= 0.3 is 11.9 Å². The highest BCUT2D eigenvalue weighted by Gasteiger charge is 2.46.